The van der Waals surface area contributed by atoms with Crippen LogP contribution in [0.25, 0.3) is 32.9 Å². The maximum atomic E-state index is 6.07. The van der Waals surface area contributed by atoms with Gasteiger partial charge in [0.1, 0.15) is 0 Å². The number of aromatic amines is 1. The molecule has 0 saturated heterocycles. The van der Waals surface area contributed by atoms with Crippen LogP contribution in [0.3, 0.4) is 0 Å². The van der Waals surface area contributed by atoms with E-state index in [9.17, 15) is 0 Å². The lowest BCUT2D eigenvalue weighted by Crippen LogP contribution is -1.78. The number of para-hydroxylation sites is 1. The number of fused-ring (bicyclic) bond motifs is 3. The summed E-state index contributed by atoms with van der Waals surface area (Å²) in [6.07, 6.45) is 0. The highest BCUT2D eigenvalue weighted by molar-refractivity contribution is 6.30. The normalized spacial score (nSPS) is 11.2. The molecule has 1 N–H and O–H groups in total. The van der Waals surface area contributed by atoms with Gasteiger partial charge in [0.05, 0.1) is 0 Å². The highest BCUT2D eigenvalue weighted by atomic mass is 35.5. The summed E-state index contributed by atoms with van der Waals surface area (Å²) in [6, 6.07) is 22.8. The molecule has 4 aromatic rings. The van der Waals surface area contributed by atoms with Crippen molar-refractivity contribution in [3.63, 3.8) is 0 Å². The van der Waals surface area contributed by atoms with E-state index in [0.717, 1.165) is 16.1 Å². The van der Waals surface area contributed by atoms with Gasteiger partial charge in [0.2, 0.25) is 0 Å². The molecule has 0 radical (unpaired) electrons. The highest BCUT2D eigenvalue weighted by Gasteiger charge is 2.05. The summed E-state index contributed by atoms with van der Waals surface area (Å²) >= 11 is 6.07. The van der Waals surface area contributed by atoms with Crippen molar-refractivity contribution in [1.29, 1.82) is 0 Å². The van der Waals surface area contributed by atoms with Crippen molar-refractivity contribution in [2.75, 3.05) is 0 Å². The zero-order valence-electron chi connectivity index (χ0n) is 10.7. The van der Waals surface area contributed by atoms with Crippen LogP contribution in [0.2, 0.25) is 5.02 Å². The molecule has 1 aromatic heterocycles. The van der Waals surface area contributed by atoms with Gasteiger partial charge in [-0.25, -0.2) is 0 Å². The van der Waals surface area contributed by atoms with Gasteiger partial charge in [-0.15, -0.1) is 0 Å². The molecule has 0 amide bonds. The van der Waals surface area contributed by atoms with Crippen LogP contribution in [0.4, 0.5) is 0 Å². The molecule has 2 heteroatoms. The first kappa shape index (κ1) is 11.6. The second kappa shape index (κ2) is 4.39. The molecule has 96 valence electrons. The Hall–Kier alpha value is -2.25. The number of nitrogens with one attached hydrogen (secondary N) is 1. The monoisotopic (exact) mass is 277 g/mol. The summed E-state index contributed by atoms with van der Waals surface area (Å²) in [5.74, 6) is 0. The quantitative estimate of drug-likeness (QED) is 0.463. The topological polar surface area (TPSA) is 15.8 Å². The van der Waals surface area contributed by atoms with Crippen LogP contribution in [0.5, 0.6) is 0 Å². The van der Waals surface area contributed by atoms with Gasteiger partial charge >= 0.3 is 0 Å². The molecule has 3 aromatic carbocycles. The Balaban J connectivity index is 1.97. The molecule has 0 saturated carbocycles. The van der Waals surface area contributed by atoms with E-state index in [1.54, 1.807) is 0 Å². The molecule has 1 nitrogen and oxygen atoms in total. The fraction of sp³-hybridized carbons (Fsp3) is 0. The van der Waals surface area contributed by atoms with Crippen molar-refractivity contribution in [2.45, 2.75) is 0 Å². The molecule has 0 aliphatic carbocycles. The van der Waals surface area contributed by atoms with E-state index in [2.05, 4.69) is 53.5 Å². The van der Waals surface area contributed by atoms with E-state index in [0.29, 0.717) is 0 Å². The van der Waals surface area contributed by atoms with Gasteiger partial charge < -0.3 is 4.98 Å². The lowest BCUT2D eigenvalue weighted by Gasteiger charge is -2.02. The maximum Gasteiger partial charge on any atom is 0.0471 e. The second-order valence-electron chi connectivity index (χ2n) is 4.94. The Morgan fingerprint density at radius 2 is 1.45 bits per heavy atom. The van der Waals surface area contributed by atoms with Crippen LogP contribution >= 0.6 is 11.6 Å². The zero-order chi connectivity index (χ0) is 13.5. The van der Waals surface area contributed by atoms with Crippen molar-refractivity contribution < 1.29 is 0 Å². The van der Waals surface area contributed by atoms with Crippen LogP contribution in [-0.2, 0) is 0 Å². The minimum absolute atomic E-state index is 0.763. The average Bonchev–Trinajstić information content (AvgIpc) is 2.85. The standard InChI is InChI=1S/C18H12ClN/c19-14-5-3-4-12(10-14)13-8-9-16-15-6-1-2-7-17(15)20-18(16)11-13/h1-11,20H. The van der Waals surface area contributed by atoms with E-state index < -0.39 is 0 Å². The molecule has 0 atom stereocenters. The average molecular weight is 278 g/mol. The van der Waals surface area contributed by atoms with E-state index >= 15 is 0 Å². The maximum absolute atomic E-state index is 6.07. The molecule has 0 bridgehead atoms. The molecule has 1 heterocycles. The van der Waals surface area contributed by atoms with Crippen LogP contribution in [0.1, 0.15) is 0 Å². The first-order chi connectivity index (χ1) is 9.81. The molecule has 0 aliphatic heterocycles. The van der Waals surface area contributed by atoms with Gasteiger partial charge in [-0.05, 0) is 35.4 Å². The summed E-state index contributed by atoms with van der Waals surface area (Å²) < 4.78 is 0. The predicted molar refractivity (Wildman–Crippen MR) is 86.3 cm³/mol. The molecule has 4 rings (SSSR count). The van der Waals surface area contributed by atoms with E-state index in [-0.39, 0.29) is 0 Å². The SMILES string of the molecule is Clc1cccc(-c2ccc3c(c2)[nH]c2ccccc23)c1. The summed E-state index contributed by atoms with van der Waals surface area (Å²) in [5, 5.41) is 3.28. The van der Waals surface area contributed by atoms with Gasteiger partial charge in [0.25, 0.3) is 0 Å². The molecule has 0 fully saturated rings. The fourth-order valence-corrected chi connectivity index (χ4v) is 2.89. The Morgan fingerprint density at radius 1 is 0.650 bits per heavy atom. The lowest BCUT2D eigenvalue weighted by molar-refractivity contribution is 1.54. The number of H-pyrrole nitrogens is 1. The Bertz CT molecular complexity index is 921. The van der Waals surface area contributed by atoms with Crippen molar-refractivity contribution in [3.8, 4) is 11.1 Å². The van der Waals surface area contributed by atoms with Gasteiger partial charge in [0, 0.05) is 26.8 Å². The number of halogens is 1. The number of rotatable bonds is 1. The summed E-state index contributed by atoms with van der Waals surface area (Å²) in [6.45, 7) is 0. The van der Waals surface area contributed by atoms with E-state index in [4.69, 9.17) is 11.6 Å². The van der Waals surface area contributed by atoms with E-state index in [1.165, 1.54) is 21.9 Å². The van der Waals surface area contributed by atoms with E-state index in [1.807, 2.05) is 18.2 Å². The van der Waals surface area contributed by atoms with Crippen molar-refractivity contribution in [2.24, 2.45) is 0 Å². The lowest BCUT2D eigenvalue weighted by atomic mass is 10.0. The highest BCUT2D eigenvalue weighted by Crippen LogP contribution is 2.30. The number of benzene rings is 3. The van der Waals surface area contributed by atoms with Crippen LogP contribution in [0.15, 0.2) is 66.7 Å². The molecule has 0 unspecified atom stereocenters. The van der Waals surface area contributed by atoms with Crippen molar-refractivity contribution in [3.05, 3.63) is 71.8 Å². The van der Waals surface area contributed by atoms with Crippen LogP contribution in [-0.4, -0.2) is 4.98 Å². The first-order valence-corrected chi connectivity index (χ1v) is 6.95. The summed E-state index contributed by atoms with van der Waals surface area (Å²) in [7, 11) is 0. The Kier molecular flexibility index (Phi) is 2.54. The third kappa shape index (κ3) is 1.79. The second-order valence-corrected chi connectivity index (χ2v) is 5.38. The number of aromatic nitrogens is 1. The Morgan fingerprint density at radius 3 is 2.35 bits per heavy atom. The van der Waals surface area contributed by atoms with Crippen molar-refractivity contribution in [1.82, 2.24) is 4.98 Å². The third-order valence-electron chi connectivity index (χ3n) is 3.66. The van der Waals surface area contributed by atoms with Gasteiger partial charge in [-0.3, -0.25) is 0 Å². The zero-order valence-corrected chi connectivity index (χ0v) is 11.5. The summed E-state index contributed by atoms with van der Waals surface area (Å²) in [5.41, 5.74) is 4.64. The molecule has 20 heavy (non-hydrogen) atoms. The first-order valence-electron chi connectivity index (χ1n) is 6.58. The minimum Gasteiger partial charge on any atom is -0.354 e. The molecular formula is C18H12ClN. The summed E-state index contributed by atoms with van der Waals surface area (Å²) in [4.78, 5) is 3.47. The van der Waals surface area contributed by atoms with Crippen molar-refractivity contribution >= 4 is 33.4 Å². The van der Waals surface area contributed by atoms with Gasteiger partial charge in [0.15, 0.2) is 0 Å². The van der Waals surface area contributed by atoms with Crippen LogP contribution in [0, 0.1) is 0 Å². The fourth-order valence-electron chi connectivity index (χ4n) is 2.70. The molecular weight excluding hydrogens is 266 g/mol. The minimum atomic E-state index is 0.763. The number of hydrogen-bond donors (Lipinski definition) is 1. The molecule has 0 aliphatic rings. The smallest absolute Gasteiger partial charge is 0.0471 e. The Labute approximate surface area is 121 Å². The van der Waals surface area contributed by atoms with Gasteiger partial charge in [-0.2, -0.15) is 0 Å². The third-order valence-corrected chi connectivity index (χ3v) is 3.90. The predicted octanol–water partition coefficient (Wildman–Crippen LogP) is 5.64. The largest absolute Gasteiger partial charge is 0.354 e. The molecule has 0 spiro atoms. The van der Waals surface area contributed by atoms with Crippen LogP contribution < -0.4 is 0 Å². The number of hydrogen-bond acceptors (Lipinski definition) is 0. The van der Waals surface area contributed by atoms with Gasteiger partial charge in [-0.1, -0.05) is 54.1 Å².